The first-order valence-electron chi connectivity index (χ1n) is 6.86. The topological polar surface area (TPSA) is 37.4 Å². The van der Waals surface area contributed by atoms with Crippen LogP contribution in [0.3, 0.4) is 0 Å². The van der Waals surface area contributed by atoms with Gasteiger partial charge in [0.15, 0.2) is 0 Å². The summed E-state index contributed by atoms with van der Waals surface area (Å²) in [6.07, 6.45) is 8.33. The Labute approximate surface area is 115 Å². The number of hydrogen-bond acceptors (Lipinski definition) is 4. The molecule has 0 spiro atoms. The molecular formula is C15H23N3O. The average Bonchev–Trinajstić information content (AvgIpc) is 3.26. The lowest BCUT2D eigenvalue weighted by Gasteiger charge is -2.25. The zero-order valence-electron chi connectivity index (χ0n) is 11.6. The first kappa shape index (κ1) is 14.0. The molecule has 0 aromatic carbocycles. The highest BCUT2D eigenvalue weighted by Crippen LogP contribution is 2.23. The number of ether oxygens (including phenoxy) is 1. The van der Waals surface area contributed by atoms with Crippen molar-refractivity contribution in [2.75, 3.05) is 31.7 Å². The van der Waals surface area contributed by atoms with E-state index < -0.39 is 0 Å². The lowest BCUT2D eigenvalue weighted by atomic mass is 10.2. The first-order chi connectivity index (χ1) is 9.35. The van der Waals surface area contributed by atoms with Crippen LogP contribution in [0, 0.1) is 0 Å². The van der Waals surface area contributed by atoms with Crippen molar-refractivity contribution >= 4 is 5.69 Å². The van der Waals surface area contributed by atoms with E-state index in [2.05, 4.69) is 27.8 Å². The van der Waals surface area contributed by atoms with Gasteiger partial charge in [0, 0.05) is 56.4 Å². The third-order valence-electron chi connectivity index (χ3n) is 3.29. The molecule has 104 valence electrons. The molecule has 2 rings (SSSR count). The van der Waals surface area contributed by atoms with Crippen molar-refractivity contribution in [2.45, 2.75) is 25.4 Å². The summed E-state index contributed by atoms with van der Waals surface area (Å²) in [7, 11) is 1.73. The summed E-state index contributed by atoms with van der Waals surface area (Å²) in [6, 6.07) is 2.78. The van der Waals surface area contributed by atoms with Gasteiger partial charge in [0.2, 0.25) is 0 Å². The van der Waals surface area contributed by atoms with E-state index in [0.717, 1.165) is 19.6 Å². The maximum absolute atomic E-state index is 5.18. The molecule has 1 aliphatic carbocycles. The molecule has 4 heteroatoms. The zero-order valence-corrected chi connectivity index (χ0v) is 11.6. The Bertz CT molecular complexity index is 404. The van der Waals surface area contributed by atoms with Gasteiger partial charge in [0.05, 0.1) is 6.61 Å². The molecule has 1 N–H and O–H groups in total. The van der Waals surface area contributed by atoms with Gasteiger partial charge in [-0.1, -0.05) is 6.08 Å². The van der Waals surface area contributed by atoms with Crippen LogP contribution in [0.25, 0.3) is 0 Å². The van der Waals surface area contributed by atoms with E-state index in [4.69, 9.17) is 4.74 Å². The van der Waals surface area contributed by atoms with Gasteiger partial charge in [-0.2, -0.15) is 0 Å². The molecule has 1 heterocycles. The lowest BCUT2D eigenvalue weighted by Crippen LogP contribution is -2.29. The van der Waals surface area contributed by atoms with Crippen molar-refractivity contribution in [3.05, 3.63) is 36.7 Å². The van der Waals surface area contributed by atoms with Crippen LogP contribution in [0.15, 0.2) is 31.1 Å². The summed E-state index contributed by atoms with van der Waals surface area (Å²) in [6.45, 7) is 7.12. The van der Waals surface area contributed by atoms with E-state index in [1.54, 1.807) is 7.11 Å². The number of anilines is 1. The van der Waals surface area contributed by atoms with Gasteiger partial charge in [-0.3, -0.25) is 4.98 Å². The Kier molecular flexibility index (Phi) is 5.36. The van der Waals surface area contributed by atoms with Gasteiger partial charge in [-0.05, 0) is 18.9 Å². The normalized spacial score (nSPS) is 14.4. The number of nitrogens with one attached hydrogen (secondary N) is 1. The van der Waals surface area contributed by atoms with Crippen LogP contribution in [0.1, 0.15) is 18.4 Å². The fourth-order valence-corrected chi connectivity index (χ4v) is 2.07. The van der Waals surface area contributed by atoms with Gasteiger partial charge < -0.3 is 15.0 Å². The second-order valence-electron chi connectivity index (χ2n) is 4.89. The van der Waals surface area contributed by atoms with Crippen LogP contribution in [0.2, 0.25) is 0 Å². The van der Waals surface area contributed by atoms with E-state index >= 15 is 0 Å². The summed E-state index contributed by atoms with van der Waals surface area (Å²) < 4.78 is 5.18. The van der Waals surface area contributed by atoms with Crippen molar-refractivity contribution in [1.29, 1.82) is 0 Å². The van der Waals surface area contributed by atoms with Crippen molar-refractivity contribution in [1.82, 2.24) is 10.3 Å². The Morgan fingerprint density at radius 1 is 1.58 bits per heavy atom. The largest absolute Gasteiger partial charge is 0.383 e. The lowest BCUT2D eigenvalue weighted by molar-refractivity contribution is 0.205. The van der Waals surface area contributed by atoms with E-state index in [9.17, 15) is 0 Å². The Morgan fingerprint density at radius 2 is 2.42 bits per heavy atom. The highest BCUT2D eigenvalue weighted by Gasteiger charge is 2.21. The smallest absolute Gasteiger partial charge is 0.0637 e. The molecular weight excluding hydrogens is 238 g/mol. The predicted molar refractivity (Wildman–Crippen MR) is 78.4 cm³/mol. The molecule has 19 heavy (non-hydrogen) atoms. The Balaban J connectivity index is 2.06. The zero-order chi connectivity index (χ0) is 13.5. The quantitative estimate of drug-likeness (QED) is 0.690. The molecule has 0 saturated heterocycles. The molecule has 1 aromatic heterocycles. The molecule has 1 saturated carbocycles. The van der Waals surface area contributed by atoms with E-state index in [0.29, 0.717) is 12.6 Å². The summed E-state index contributed by atoms with van der Waals surface area (Å²) in [5.74, 6) is 0. The number of aromatic nitrogens is 1. The second kappa shape index (κ2) is 7.26. The van der Waals surface area contributed by atoms with E-state index in [1.165, 1.54) is 24.1 Å². The maximum Gasteiger partial charge on any atom is 0.0637 e. The Morgan fingerprint density at radius 3 is 3.11 bits per heavy atom. The molecule has 0 atom stereocenters. The predicted octanol–water partition coefficient (Wildman–Crippen LogP) is 1.97. The molecule has 1 aromatic rings. The molecule has 1 aliphatic rings. The van der Waals surface area contributed by atoms with Crippen molar-refractivity contribution in [3.63, 3.8) is 0 Å². The van der Waals surface area contributed by atoms with Gasteiger partial charge in [-0.15, -0.1) is 6.58 Å². The van der Waals surface area contributed by atoms with Crippen LogP contribution in [0.4, 0.5) is 5.69 Å². The number of nitrogens with zero attached hydrogens (tertiary/aromatic N) is 2. The van der Waals surface area contributed by atoms with Gasteiger partial charge in [0.1, 0.15) is 0 Å². The number of hydrogen-bond donors (Lipinski definition) is 1. The molecule has 4 nitrogen and oxygen atoms in total. The molecule has 1 fully saturated rings. The minimum absolute atomic E-state index is 0.708. The monoisotopic (exact) mass is 261 g/mol. The number of methoxy groups -OCH3 is 1. The number of pyridine rings is 1. The minimum Gasteiger partial charge on any atom is -0.383 e. The van der Waals surface area contributed by atoms with Crippen molar-refractivity contribution in [3.8, 4) is 0 Å². The summed E-state index contributed by atoms with van der Waals surface area (Å²) in [5, 5.41) is 3.54. The van der Waals surface area contributed by atoms with E-state index in [-0.39, 0.29) is 0 Å². The average molecular weight is 261 g/mol. The SMILES string of the molecule is C=CCN(CCOC)c1ccncc1CNC1CC1. The molecule has 0 aliphatic heterocycles. The van der Waals surface area contributed by atoms with Crippen molar-refractivity contribution < 1.29 is 4.74 Å². The van der Waals surface area contributed by atoms with Crippen LogP contribution in [-0.2, 0) is 11.3 Å². The van der Waals surface area contributed by atoms with Crippen molar-refractivity contribution in [2.24, 2.45) is 0 Å². The second-order valence-corrected chi connectivity index (χ2v) is 4.89. The molecule has 0 radical (unpaired) electrons. The summed E-state index contributed by atoms with van der Waals surface area (Å²) in [4.78, 5) is 6.52. The van der Waals surface area contributed by atoms with E-state index in [1.807, 2.05) is 18.5 Å². The first-order valence-corrected chi connectivity index (χ1v) is 6.86. The Hall–Kier alpha value is -1.39. The highest BCUT2D eigenvalue weighted by atomic mass is 16.5. The van der Waals surface area contributed by atoms with Gasteiger partial charge >= 0.3 is 0 Å². The summed E-state index contributed by atoms with van der Waals surface area (Å²) in [5.41, 5.74) is 2.47. The van der Waals surface area contributed by atoms with Crippen LogP contribution in [0.5, 0.6) is 0 Å². The van der Waals surface area contributed by atoms with Crippen LogP contribution >= 0.6 is 0 Å². The molecule has 0 amide bonds. The van der Waals surface area contributed by atoms with Crippen LogP contribution < -0.4 is 10.2 Å². The fourth-order valence-electron chi connectivity index (χ4n) is 2.07. The maximum atomic E-state index is 5.18. The highest BCUT2D eigenvalue weighted by molar-refractivity contribution is 5.52. The molecule has 0 bridgehead atoms. The van der Waals surface area contributed by atoms with Gasteiger partial charge in [0.25, 0.3) is 0 Å². The van der Waals surface area contributed by atoms with Gasteiger partial charge in [-0.25, -0.2) is 0 Å². The third-order valence-corrected chi connectivity index (χ3v) is 3.29. The summed E-state index contributed by atoms with van der Waals surface area (Å²) >= 11 is 0. The standard InChI is InChI=1S/C15H23N3O/c1-3-8-18(9-10-19-2)15-6-7-16-11-13(15)12-17-14-4-5-14/h3,6-7,11,14,17H,1,4-5,8-10,12H2,2H3. The minimum atomic E-state index is 0.708. The molecule has 0 unspecified atom stereocenters. The van der Waals surface area contributed by atoms with Crippen LogP contribution in [-0.4, -0.2) is 37.8 Å². The third kappa shape index (κ3) is 4.33. The number of rotatable bonds is 9. The fraction of sp³-hybridized carbons (Fsp3) is 0.533.